The largest absolute Gasteiger partial charge is 0.494 e. The van der Waals surface area contributed by atoms with Gasteiger partial charge < -0.3 is 28.6 Å². The molecule has 2 aromatic carbocycles. The number of alkyl halides is 12. The number of benzene rings is 2. The number of carbonyl (C=O) groups excluding carboxylic acids is 2. The van der Waals surface area contributed by atoms with Crippen molar-refractivity contribution in [1.29, 1.82) is 0 Å². The molecule has 0 fully saturated rings. The van der Waals surface area contributed by atoms with Crippen molar-refractivity contribution in [3.63, 3.8) is 0 Å². The highest BCUT2D eigenvalue weighted by atomic mass is 79.9. The van der Waals surface area contributed by atoms with E-state index in [1.807, 2.05) is 0 Å². The van der Waals surface area contributed by atoms with Crippen LogP contribution < -0.4 is 5.46 Å². The van der Waals surface area contributed by atoms with E-state index >= 15 is 0 Å². The van der Waals surface area contributed by atoms with Crippen LogP contribution in [0.25, 0.3) is 40.7 Å². The zero-order valence-corrected chi connectivity index (χ0v) is 39.9. The number of halogens is 13. The molecule has 0 saturated heterocycles. The van der Waals surface area contributed by atoms with E-state index in [4.69, 9.17) is 24.0 Å². The van der Waals surface area contributed by atoms with E-state index in [1.165, 1.54) is 6.20 Å². The summed E-state index contributed by atoms with van der Waals surface area (Å²) in [5.41, 5.74) is -5.43. The van der Waals surface area contributed by atoms with Gasteiger partial charge in [0.1, 0.15) is 28.7 Å². The van der Waals surface area contributed by atoms with Crippen molar-refractivity contribution in [1.82, 2.24) is 39.8 Å². The monoisotopic (exact) mass is 1100 g/mol. The first kappa shape index (κ1) is 57.8. The minimum absolute atomic E-state index is 0.0118. The zero-order valence-electron chi connectivity index (χ0n) is 38.3. The topological polar surface area (TPSA) is 207 Å². The molecule has 0 spiro atoms. The maximum Gasteiger partial charge on any atom is 0.494 e. The lowest BCUT2D eigenvalue weighted by Crippen LogP contribution is -2.32. The minimum atomic E-state index is -5.02. The number of rotatable bonds is 10. The summed E-state index contributed by atoms with van der Waals surface area (Å²) in [7, 11) is -1.48. The Hall–Kier alpha value is -6.82. The highest BCUT2D eigenvalue weighted by Crippen LogP contribution is 2.40. The third-order valence-corrected chi connectivity index (χ3v) is 9.49. The van der Waals surface area contributed by atoms with Crippen molar-refractivity contribution in [2.45, 2.75) is 92.3 Å². The van der Waals surface area contributed by atoms with E-state index < -0.39 is 95.2 Å². The maximum absolute atomic E-state index is 13.2. The molecule has 6 rings (SSSR count). The molecule has 0 saturated carbocycles. The van der Waals surface area contributed by atoms with Crippen LogP contribution >= 0.6 is 15.9 Å². The molecule has 30 heteroatoms. The number of aromatic nitrogens is 8. The fraction of sp³-hybridized carbons (Fsp3) is 0.333. The molecular weight excluding hydrogens is 1060 g/mol. The van der Waals surface area contributed by atoms with Crippen molar-refractivity contribution >= 4 is 58.4 Å². The van der Waals surface area contributed by atoms with Crippen LogP contribution in [0.3, 0.4) is 0 Å². The highest BCUT2D eigenvalue weighted by molar-refractivity contribution is 9.12. The molecule has 4 heterocycles. The lowest BCUT2D eigenvalue weighted by Gasteiger charge is -2.13. The molecule has 0 aliphatic rings. The summed E-state index contributed by atoms with van der Waals surface area (Å²) in [4.78, 5) is 31.9. The lowest BCUT2D eigenvalue weighted by molar-refractivity contribution is -0.144. The van der Waals surface area contributed by atoms with Crippen molar-refractivity contribution in [2.24, 2.45) is 0 Å². The van der Waals surface area contributed by atoms with Crippen LogP contribution in [0.2, 0.25) is 0 Å². The first-order chi connectivity index (χ1) is 33.1. The number of hydrogen-bond donors (Lipinski definition) is 2. The predicted molar refractivity (Wildman–Crippen MR) is 233 cm³/mol. The van der Waals surface area contributed by atoms with E-state index in [9.17, 15) is 62.3 Å². The molecule has 0 aliphatic carbocycles. The molecule has 0 bridgehead atoms. The Kier molecular flexibility index (Phi) is 18.2. The summed E-state index contributed by atoms with van der Waals surface area (Å²) in [6.07, 6.45) is -16.5. The quantitative estimate of drug-likeness (QED) is 0.0567. The molecule has 0 amide bonds. The van der Waals surface area contributed by atoms with Gasteiger partial charge in [-0.25, -0.2) is 28.9 Å². The van der Waals surface area contributed by atoms with Gasteiger partial charge in [-0.15, -0.1) is 10.2 Å². The Morgan fingerprint density at radius 3 is 1.31 bits per heavy atom. The van der Waals surface area contributed by atoms with Crippen molar-refractivity contribution in [3.8, 4) is 22.8 Å². The summed E-state index contributed by atoms with van der Waals surface area (Å²) < 4.78 is 178. The Morgan fingerprint density at radius 2 is 0.986 bits per heavy atom. The second-order valence-electron chi connectivity index (χ2n) is 15.4. The van der Waals surface area contributed by atoms with Gasteiger partial charge in [-0.2, -0.15) is 52.7 Å². The van der Waals surface area contributed by atoms with Crippen LogP contribution in [0.5, 0.6) is 0 Å². The summed E-state index contributed by atoms with van der Waals surface area (Å²) in [6, 6.07) is 2.08. The van der Waals surface area contributed by atoms with Gasteiger partial charge in [0.15, 0.2) is 11.6 Å². The Balaban J connectivity index is 0.000000265. The number of hydrogen-bond acceptors (Lipinski definition) is 14. The van der Waals surface area contributed by atoms with E-state index in [2.05, 4.69) is 50.9 Å². The van der Waals surface area contributed by atoms with Crippen LogP contribution in [-0.4, -0.2) is 81.2 Å². The number of carbonyl (C=O) groups is 2. The molecule has 388 valence electrons. The van der Waals surface area contributed by atoms with E-state index in [1.54, 1.807) is 55.4 Å². The van der Waals surface area contributed by atoms with Crippen LogP contribution in [0, 0.1) is 27.7 Å². The second-order valence-corrected chi connectivity index (χ2v) is 16.3. The molecule has 0 atom stereocenters. The van der Waals surface area contributed by atoms with Crippen LogP contribution in [0.15, 0.2) is 62.6 Å². The molecule has 0 aliphatic heterocycles. The van der Waals surface area contributed by atoms with Gasteiger partial charge in [0.2, 0.25) is 0 Å². The average Bonchev–Trinajstić information content (AvgIpc) is 4.06. The number of aryl methyl sites for hydroxylation is 4. The van der Waals surface area contributed by atoms with Gasteiger partial charge >= 0.3 is 43.8 Å². The van der Waals surface area contributed by atoms with Crippen LogP contribution in [0.4, 0.5) is 52.7 Å². The normalized spacial score (nSPS) is 12.6. The summed E-state index contributed by atoms with van der Waals surface area (Å²) in [5, 5.41) is 32.5. The van der Waals surface area contributed by atoms with Crippen molar-refractivity contribution < 1.29 is 90.8 Å². The fourth-order valence-corrected chi connectivity index (χ4v) is 6.20. The van der Waals surface area contributed by atoms with Gasteiger partial charge in [-0.3, -0.25) is 0 Å². The third-order valence-electron chi connectivity index (χ3n) is 8.97. The van der Waals surface area contributed by atoms with E-state index in [0.29, 0.717) is 52.4 Å². The molecule has 2 N–H and O–H groups in total. The molecule has 16 nitrogen and oxygen atoms in total. The molecule has 4 aromatic heterocycles. The van der Waals surface area contributed by atoms with Crippen LogP contribution in [-0.2, 0) is 43.8 Å². The predicted octanol–water partition coefficient (Wildman–Crippen LogP) is 9.64. The van der Waals surface area contributed by atoms with E-state index in [-0.39, 0.29) is 33.8 Å². The van der Waals surface area contributed by atoms with E-state index in [0.717, 1.165) is 28.2 Å². The molecule has 72 heavy (non-hydrogen) atoms. The minimum Gasteiger partial charge on any atom is -0.459 e. The summed E-state index contributed by atoms with van der Waals surface area (Å²) in [6.45, 7) is 12.9. The zero-order chi connectivity index (χ0) is 54.4. The Labute approximate surface area is 407 Å². The smallest absolute Gasteiger partial charge is 0.459 e. The first-order valence-electron chi connectivity index (χ1n) is 20.2. The molecular formula is C42H38BBrF12N8O8. The summed E-state index contributed by atoms with van der Waals surface area (Å²) >= 11 is 2.95. The number of nitrogens with zero attached hydrogens (tertiary/aromatic N) is 8. The Bertz CT molecular complexity index is 2830. The third kappa shape index (κ3) is 15.6. The fourth-order valence-electron chi connectivity index (χ4n) is 5.90. The highest BCUT2D eigenvalue weighted by Gasteiger charge is 2.39. The van der Waals surface area contributed by atoms with Gasteiger partial charge in [0.05, 0.1) is 63.2 Å². The van der Waals surface area contributed by atoms with Gasteiger partial charge in [0, 0.05) is 22.8 Å². The Morgan fingerprint density at radius 1 is 0.611 bits per heavy atom. The number of esters is 2. The first-order valence-corrected chi connectivity index (χ1v) is 21.0. The second kappa shape index (κ2) is 22.7. The molecule has 0 radical (unpaired) electrons. The molecule has 6 aromatic rings. The molecule has 0 unspecified atom stereocenters. The van der Waals surface area contributed by atoms with Gasteiger partial charge in [0.25, 0.3) is 0 Å². The van der Waals surface area contributed by atoms with Crippen molar-refractivity contribution in [3.05, 3.63) is 104 Å². The van der Waals surface area contributed by atoms with Gasteiger partial charge in [-0.05, 0) is 108 Å². The lowest BCUT2D eigenvalue weighted by atomic mass is 9.79. The average molecular weight is 1100 g/mol. The van der Waals surface area contributed by atoms with Crippen molar-refractivity contribution in [2.75, 3.05) is 0 Å². The number of ether oxygens (including phenoxy) is 2. The summed E-state index contributed by atoms with van der Waals surface area (Å²) in [5.74, 6) is -1.55. The maximum atomic E-state index is 13.2. The SMILES string of the molecule is CC(C)OC(=O)/C(Br)=C/n1cnc(-c2cc(C(F)(F)F)cc(C(F)(F)F)c2)n1.Cc1noc(C)c1/C(=C\n1cnc(-c2cc(C(F)(F)F)cc(C(F)(F)F)c2)n1)C(=O)OC(C)C.Cc1noc(C)c1B(O)O. The van der Waals surface area contributed by atoms with Gasteiger partial charge in [-0.1, -0.05) is 10.3 Å². The van der Waals surface area contributed by atoms with Crippen LogP contribution in [0.1, 0.15) is 78.4 Å². The standard InChI is InChI=1S/C21H18F6N4O3.C16H12BrF6N3O2.C5H8BNO3/c1-10(2)33-19(32)16(17-11(3)30-34-12(17)4)8-31-9-28-18(29-31)13-5-14(20(22,23)24)7-15(6-13)21(25,26)27;1-8(2)28-14(27)12(17)6-26-7-24-13(25-26)9-3-10(15(18,19)20)5-11(4-9)16(21,22)23;1-3-5(6(8)9)4(2)10-7-3/h5-10H,1-4H3;3-8H,1-2H3;8-9H,1-2H3/b16-8+;12-6-;.